The van der Waals surface area contributed by atoms with Gasteiger partial charge in [-0.1, -0.05) is 59.2 Å². The average Bonchev–Trinajstić information content (AvgIpc) is 2.36. The quantitative estimate of drug-likeness (QED) is 0.752. The third-order valence-corrected chi connectivity index (χ3v) is 4.06. The van der Waals surface area contributed by atoms with E-state index in [4.69, 9.17) is 5.11 Å². The fraction of sp³-hybridized carbons (Fsp3) is 0.684. The summed E-state index contributed by atoms with van der Waals surface area (Å²) < 4.78 is 0. The zero-order valence-corrected chi connectivity index (χ0v) is 14.0. The van der Waals surface area contributed by atoms with Crippen molar-refractivity contribution in [1.29, 1.82) is 0 Å². The Morgan fingerprint density at radius 3 is 2.40 bits per heavy atom. The summed E-state index contributed by atoms with van der Waals surface area (Å²) in [5.74, 6) is 0.556. The summed E-state index contributed by atoms with van der Waals surface area (Å²) in [5, 5.41) is 9.08. The van der Waals surface area contributed by atoms with E-state index in [1.54, 1.807) is 0 Å². The smallest absolute Gasteiger partial charge is 0.0433 e. The molecular formula is C19H32O. The molecule has 1 aromatic carbocycles. The van der Waals surface area contributed by atoms with Crippen LogP contribution in [0.25, 0.3) is 0 Å². The van der Waals surface area contributed by atoms with Gasteiger partial charge in [0.2, 0.25) is 0 Å². The summed E-state index contributed by atoms with van der Waals surface area (Å²) >= 11 is 0. The van der Waals surface area contributed by atoms with E-state index in [0.29, 0.717) is 12.5 Å². The summed E-state index contributed by atoms with van der Waals surface area (Å²) in [6, 6.07) is 7.02. The Kier molecular flexibility index (Phi) is 6.75. The standard InChI is InChI=1S/C19H32O/c1-6-7-8-16-14-18(19(3,4)5)10-9-17(16)13-15(2)11-12-20/h9-10,14-15,20H,6-8,11-13H2,1-5H3. The second-order valence-corrected chi connectivity index (χ2v) is 7.16. The molecule has 0 aliphatic rings. The predicted octanol–water partition coefficient (Wildman–Crippen LogP) is 4.89. The van der Waals surface area contributed by atoms with Gasteiger partial charge in [-0.2, -0.15) is 0 Å². The zero-order valence-electron chi connectivity index (χ0n) is 14.0. The van der Waals surface area contributed by atoms with Crippen LogP contribution in [0.3, 0.4) is 0 Å². The Balaban J connectivity index is 2.97. The molecule has 1 unspecified atom stereocenters. The molecule has 0 radical (unpaired) electrons. The normalized spacial score (nSPS) is 13.5. The van der Waals surface area contributed by atoms with E-state index < -0.39 is 0 Å². The number of hydrogen-bond donors (Lipinski definition) is 1. The molecule has 0 bridgehead atoms. The van der Waals surface area contributed by atoms with Crippen LogP contribution in [0.4, 0.5) is 0 Å². The van der Waals surface area contributed by atoms with Crippen molar-refractivity contribution in [3.8, 4) is 0 Å². The minimum atomic E-state index is 0.218. The SMILES string of the molecule is CCCCc1cc(C(C)(C)C)ccc1CC(C)CCO. The highest BCUT2D eigenvalue weighted by atomic mass is 16.3. The summed E-state index contributed by atoms with van der Waals surface area (Å²) in [7, 11) is 0. The first-order valence-electron chi connectivity index (χ1n) is 8.11. The van der Waals surface area contributed by atoms with Crippen LogP contribution in [0.5, 0.6) is 0 Å². The van der Waals surface area contributed by atoms with Gasteiger partial charge in [-0.15, -0.1) is 0 Å². The largest absolute Gasteiger partial charge is 0.396 e. The highest BCUT2D eigenvalue weighted by molar-refractivity contribution is 5.35. The third-order valence-electron chi connectivity index (χ3n) is 4.06. The Morgan fingerprint density at radius 2 is 1.85 bits per heavy atom. The predicted molar refractivity (Wildman–Crippen MR) is 88.3 cm³/mol. The van der Waals surface area contributed by atoms with Crippen molar-refractivity contribution in [3.05, 3.63) is 34.9 Å². The van der Waals surface area contributed by atoms with Crippen LogP contribution in [0, 0.1) is 5.92 Å². The summed E-state index contributed by atoms with van der Waals surface area (Å²) in [4.78, 5) is 0. The minimum Gasteiger partial charge on any atom is -0.396 e. The molecule has 0 amide bonds. The van der Waals surface area contributed by atoms with Crippen molar-refractivity contribution >= 4 is 0 Å². The molecular weight excluding hydrogens is 244 g/mol. The van der Waals surface area contributed by atoms with Crippen LogP contribution in [0.15, 0.2) is 18.2 Å². The van der Waals surface area contributed by atoms with E-state index in [1.807, 2.05) is 0 Å². The van der Waals surface area contributed by atoms with Crippen LogP contribution >= 0.6 is 0 Å². The number of hydrogen-bond acceptors (Lipinski definition) is 1. The molecule has 0 saturated carbocycles. The number of unbranched alkanes of at least 4 members (excludes halogenated alkanes) is 1. The van der Waals surface area contributed by atoms with E-state index in [1.165, 1.54) is 36.0 Å². The number of benzene rings is 1. The van der Waals surface area contributed by atoms with Crippen LogP contribution < -0.4 is 0 Å². The Morgan fingerprint density at radius 1 is 1.15 bits per heavy atom. The van der Waals surface area contributed by atoms with Gasteiger partial charge < -0.3 is 5.11 Å². The maximum absolute atomic E-state index is 9.08. The lowest BCUT2D eigenvalue weighted by atomic mass is 9.83. The number of rotatable bonds is 7. The number of aryl methyl sites for hydroxylation is 1. The fourth-order valence-electron chi connectivity index (χ4n) is 2.59. The van der Waals surface area contributed by atoms with Gasteiger partial charge in [0.25, 0.3) is 0 Å². The van der Waals surface area contributed by atoms with Gasteiger partial charge in [0.05, 0.1) is 0 Å². The first-order valence-corrected chi connectivity index (χ1v) is 8.11. The molecule has 0 aliphatic heterocycles. The molecule has 0 heterocycles. The molecule has 114 valence electrons. The Bertz CT molecular complexity index is 401. The van der Waals surface area contributed by atoms with Crippen LogP contribution in [-0.4, -0.2) is 11.7 Å². The molecule has 1 rings (SSSR count). The lowest BCUT2D eigenvalue weighted by Crippen LogP contribution is -2.13. The lowest BCUT2D eigenvalue weighted by molar-refractivity contribution is 0.262. The first-order chi connectivity index (χ1) is 9.38. The van der Waals surface area contributed by atoms with Gasteiger partial charge in [-0.05, 0) is 53.7 Å². The van der Waals surface area contributed by atoms with Crippen molar-refractivity contribution in [2.45, 2.75) is 72.1 Å². The molecule has 0 saturated heterocycles. The molecule has 1 N–H and O–H groups in total. The second-order valence-electron chi connectivity index (χ2n) is 7.16. The third kappa shape index (κ3) is 5.28. The van der Waals surface area contributed by atoms with E-state index in [0.717, 1.165) is 12.8 Å². The van der Waals surface area contributed by atoms with Gasteiger partial charge >= 0.3 is 0 Å². The van der Waals surface area contributed by atoms with Gasteiger partial charge in [-0.3, -0.25) is 0 Å². The average molecular weight is 276 g/mol. The van der Waals surface area contributed by atoms with Crippen molar-refractivity contribution < 1.29 is 5.11 Å². The van der Waals surface area contributed by atoms with Crippen molar-refractivity contribution in [3.63, 3.8) is 0 Å². The molecule has 1 atom stereocenters. The number of aliphatic hydroxyl groups excluding tert-OH is 1. The first kappa shape index (κ1) is 17.2. The highest BCUT2D eigenvalue weighted by Gasteiger charge is 2.16. The molecule has 0 aromatic heterocycles. The zero-order chi connectivity index (χ0) is 15.2. The molecule has 0 fully saturated rings. The summed E-state index contributed by atoms with van der Waals surface area (Å²) in [6.45, 7) is 11.6. The fourth-order valence-corrected chi connectivity index (χ4v) is 2.59. The van der Waals surface area contributed by atoms with Crippen molar-refractivity contribution in [2.75, 3.05) is 6.61 Å². The molecule has 1 heteroatoms. The van der Waals surface area contributed by atoms with E-state index in [2.05, 4.69) is 52.8 Å². The summed E-state index contributed by atoms with van der Waals surface area (Å²) in [5.41, 5.74) is 4.65. The van der Waals surface area contributed by atoms with Crippen molar-refractivity contribution in [2.24, 2.45) is 5.92 Å². The van der Waals surface area contributed by atoms with Gasteiger partial charge in [0, 0.05) is 6.61 Å². The molecule has 1 nitrogen and oxygen atoms in total. The Labute approximate surface area is 125 Å². The maximum atomic E-state index is 9.08. The minimum absolute atomic E-state index is 0.218. The molecule has 0 aliphatic carbocycles. The van der Waals surface area contributed by atoms with Gasteiger partial charge in [0.15, 0.2) is 0 Å². The van der Waals surface area contributed by atoms with E-state index in [9.17, 15) is 0 Å². The highest BCUT2D eigenvalue weighted by Crippen LogP contribution is 2.27. The second kappa shape index (κ2) is 7.83. The Hall–Kier alpha value is -0.820. The van der Waals surface area contributed by atoms with Crippen molar-refractivity contribution in [1.82, 2.24) is 0 Å². The monoisotopic (exact) mass is 276 g/mol. The maximum Gasteiger partial charge on any atom is 0.0433 e. The van der Waals surface area contributed by atoms with Crippen LogP contribution in [0.2, 0.25) is 0 Å². The summed E-state index contributed by atoms with van der Waals surface area (Å²) in [6.07, 6.45) is 5.67. The van der Waals surface area contributed by atoms with Crippen LogP contribution in [0.1, 0.15) is 70.6 Å². The van der Waals surface area contributed by atoms with Gasteiger partial charge in [0.1, 0.15) is 0 Å². The van der Waals surface area contributed by atoms with Gasteiger partial charge in [-0.25, -0.2) is 0 Å². The lowest BCUT2D eigenvalue weighted by Gasteiger charge is -2.22. The molecule has 20 heavy (non-hydrogen) atoms. The topological polar surface area (TPSA) is 20.2 Å². The van der Waals surface area contributed by atoms with E-state index in [-0.39, 0.29) is 5.41 Å². The van der Waals surface area contributed by atoms with E-state index >= 15 is 0 Å². The number of aliphatic hydroxyl groups is 1. The molecule has 1 aromatic rings. The molecule has 0 spiro atoms. The van der Waals surface area contributed by atoms with Crippen LogP contribution in [-0.2, 0) is 18.3 Å².